The van der Waals surface area contributed by atoms with Crippen molar-refractivity contribution in [2.45, 2.75) is 63.0 Å². The first-order valence-electron chi connectivity index (χ1n) is 9.92. The van der Waals surface area contributed by atoms with Crippen molar-refractivity contribution in [2.24, 2.45) is 0 Å². The second kappa shape index (κ2) is 6.88. The summed E-state index contributed by atoms with van der Waals surface area (Å²) in [4.78, 5) is 9.73. The Bertz CT molecular complexity index is 1080. The summed E-state index contributed by atoms with van der Waals surface area (Å²) < 4.78 is 70.8. The Morgan fingerprint density at radius 1 is 1.13 bits per heavy atom. The highest BCUT2D eigenvalue weighted by Crippen LogP contribution is 2.48. The zero-order chi connectivity index (χ0) is 21.1. The first-order chi connectivity index (χ1) is 14.3. The van der Waals surface area contributed by atoms with Gasteiger partial charge in [0, 0.05) is 22.6 Å². The summed E-state index contributed by atoms with van der Waals surface area (Å²) in [6.45, 7) is -3.19. The van der Waals surface area contributed by atoms with E-state index in [1.807, 2.05) is 0 Å². The van der Waals surface area contributed by atoms with Gasteiger partial charge in [-0.2, -0.15) is 27.4 Å². The molecule has 1 aliphatic heterocycles. The average Bonchev–Trinajstić information content (AvgIpc) is 3.10. The van der Waals surface area contributed by atoms with E-state index in [9.17, 15) is 22.0 Å². The number of nitrogens with zero attached hydrogens (tertiary/aromatic N) is 1. The lowest BCUT2D eigenvalue weighted by atomic mass is 9.79. The number of aromatic nitrogens is 1. The molecule has 2 bridgehead atoms. The summed E-state index contributed by atoms with van der Waals surface area (Å²) in [5.74, 6) is -0.487. The molecule has 4 aromatic rings. The van der Waals surface area contributed by atoms with Crippen LogP contribution in [-0.2, 0) is 11.0 Å². The van der Waals surface area contributed by atoms with E-state index in [0.29, 0.717) is 17.4 Å². The number of halogens is 5. The lowest BCUT2D eigenvalue weighted by molar-refractivity contribution is -0.136. The lowest BCUT2D eigenvalue weighted by Gasteiger charge is -2.30. The predicted octanol–water partition coefficient (Wildman–Crippen LogP) is 6.11. The molecular formula is C21H19F5N2O2. The van der Waals surface area contributed by atoms with Crippen molar-refractivity contribution in [1.29, 1.82) is 0 Å². The number of alkyl halides is 5. The van der Waals surface area contributed by atoms with Crippen molar-refractivity contribution in [3.8, 4) is 5.88 Å². The molecule has 1 atom stereocenters. The van der Waals surface area contributed by atoms with Crippen molar-refractivity contribution >= 4 is 21.7 Å². The maximum absolute atomic E-state index is 13.5. The number of nitrogens with one attached hydrogen (secondary N) is 1. The van der Waals surface area contributed by atoms with Crippen LogP contribution >= 0.6 is 0 Å². The highest BCUT2D eigenvalue weighted by molar-refractivity contribution is 6.13. The molecule has 3 heterocycles. The number of fused-ring (bicyclic) bond motifs is 2. The van der Waals surface area contributed by atoms with Crippen molar-refractivity contribution in [3.05, 3.63) is 35.4 Å². The predicted molar refractivity (Wildman–Crippen MR) is 99.5 cm³/mol. The first-order valence-corrected chi connectivity index (χ1v) is 9.92. The molecule has 1 saturated heterocycles. The van der Waals surface area contributed by atoms with Gasteiger partial charge in [-0.05, 0) is 24.5 Å². The van der Waals surface area contributed by atoms with E-state index in [1.165, 1.54) is 6.07 Å². The molecule has 2 aromatic heterocycles. The molecule has 9 heteroatoms. The maximum atomic E-state index is 13.5. The van der Waals surface area contributed by atoms with Gasteiger partial charge >= 0.3 is 12.8 Å². The Morgan fingerprint density at radius 2 is 1.90 bits per heavy atom. The van der Waals surface area contributed by atoms with E-state index in [1.54, 1.807) is 12.1 Å². The number of hydrogen-bond acceptors (Lipinski definition) is 4. The monoisotopic (exact) mass is 426 g/mol. The van der Waals surface area contributed by atoms with E-state index < -0.39 is 29.7 Å². The number of ether oxygens (including phenoxy) is 1. The van der Waals surface area contributed by atoms with Gasteiger partial charge in [-0.3, -0.25) is 4.84 Å². The maximum Gasteiger partial charge on any atom is 0.418 e. The van der Waals surface area contributed by atoms with E-state index in [4.69, 9.17) is 4.84 Å². The van der Waals surface area contributed by atoms with Crippen LogP contribution in [-0.4, -0.2) is 17.2 Å². The van der Waals surface area contributed by atoms with Gasteiger partial charge in [0.05, 0.1) is 22.7 Å². The molecule has 30 heavy (non-hydrogen) atoms. The highest BCUT2D eigenvalue weighted by Gasteiger charge is 2.43. The Balaban J connectivity index is 1.67. The van der Waals surface area contributed by atoms with E-state index in [-0.39, 0.29) is 22.4 Å². The van der Waals surface area contributed by atoms with Gasteiger partial charge in [0.15, 0.2) is 0 Å². The average molecular weight is 426 g/mol. The normalized spacial score (nSPS) is 22.0. The smallest absolute Gasteiger partial charge is 0.416 e. The number of hydrogen-bond donors (Lipinski definition) is 1. The molecule has 1 saturated carbocycles. The van der Waals surface area contributed by atoms with E-state index in [2.05, 4.69) is 15.2 Å². The number of rotatable bonds is 3. The number of hydroxylamine groups is 1. The fourth-order valence-corrected chi connectivity index (χ4v) is 4.96. The second-order valence-corrected chi connectivity index (χ2v) is 8.10. The topological polar surface area (TPSA) is 43.4 Å². The van der Waals surface area contributed by atoms with Gasteiger partial charge in [-0.15, -0.1) is 0 Å². The van der Waals surface area contributed by atoms with Crippen molar-refractivity contribution < 1.29 is 31.5 Å². The van der Waals surface area contributed by atoms with Crippen LogP contribution in [0, 0.1) is 0 Å². The molecule has 1 N–H and O–H groups in total. The van der Waals surface area contributed by atoms with Gasteiger partial charge in [0.2, 0.25) is 5.88 Å². The molecule has 6 rings (SSSR count). The largest absolute Gasteiger partial charge is 0.418 e. The first kappa shape index (κ1) is 19.7. The fourth-order valence-electron chi connectivity index (χ4n) is 4.96. The van der Waals surface area contributed by atoms with Crippen molar-refractivity contribution in [2.75, 3.05) is 0 Å². The van der Waals surface area contributed by atoms with Crippen molar-refractivity contribution in [1.82, 2.24) is 10.5 Å². The van der Waals surface area contributed by atoms with E-state index >= 15 is 0 Å². The summed E-state index contributed by atoms with van der Waals surface area (Å²) >= 11 is 0. The molecule has 160 valence electrons. The Morgan fingerprint density at radius 3 is 2.60 bits per heavy atom. The van der Waals surface area contributed by atoms with E-state index in [0.717, 1.165) is 38.2 Å². The molecule has 4 nitrogen and oxygen atoms in total. The standard InChI is InChI=1S/C21H19F5N2O2/c22-19(23)29-18-13-9-14(21(24,25)26)17(27-18)12-6-4-5-11(16(12)13)15-10-20(30-28-15)7-2-1-3-8-20/h4-6,9,15,19,28H,1-3,7-8,10H2/t15-/m1/s1. The highest BCUT2D eigenvalue weighted by atomic mass is 19.4. The fraction of sp³-hybridized carbons (Fsp3) is 0.476. The van der Waals surface area contributed by atoms with Crippen LogP contribution in [0.5, 0.6) is 5.88 Å². The second-order valence-electron chi connectivity index (χ2n) is 8.10. The van der Waals surface area contributed by atoms with Gasteiger partial charge in [0.1, 0.15) is 0 Å². The molecule has 0 amide bonds. The summed E-state index contributed by atoms with van der Waals surface area (Å²) in [7, 11) is 0. The molecule has 0 radical (unpaired) electrons. The third-order valence-electron chi connectivity index (χ3n) is 6.25. The third-order valence-corrected chi connectivity index (χ3v) is 6.25. The lowest BCUT2D eigenvalue weighted by Crippen LogP contribution is -2.31. The molecular weight excluding hydrogens is 407 g/mol. The molecule has 1 spiro atoms. The summed E-state index contributed by atoms with van der Waals surface area (Å²) in [6.07, 6.45) is 1.12. The molecule has 2 aliphatic rings. The van der Waals surface area contributed by atoms with Gasteiger partial charge in [-0.1, -0.05) is 37.5 Å². The summed E-state index contributed by atoms with van der Waals surface area (Å²) in [6, 6.07) is 5.57. The Hall–Kier alpha value is -2.26. The number of benzene rings is 2. The minimum atomic E-state index is -4.66. The van der Waals surface area contributed by atoms with Crippen LogP contribution in [0.15, 0.2) is 24.3 Å². The molecule has 1 aliphatic carbocycles. The van der Waals surface area contributed by atoms with Crippen LogP contribution in [0.3, 0.4) is 0 Å². The van der Waals surface area contributed by atoms with Gasteiger partial charge in [-0.25, -0.2) is 4.98 Å². The molecule has 2 aromatic carbocycles. The quantitative estimate of drug-likeness (QED) is 0.513. The van der Waals surface area contributed by atoms with Crippen LogP contribution in [0.25, 0.3) is 21.7 Å². The summed E-state index contributed by atoms with van der Waals surface area (Å²) in [5, 5.41) is 0.639. The molecule has 2 fully saturated rings. The van der Waals surface area contributed by atoms with Gasteiger partial charge < -0.3 is 4.74 Å². The van der Waals surface area contributed by atoms with Crippen molar-refractivity contribution in [3.63, 3.8) is 0 Å². The third kappa shape index (κ3) is 3.15. The minimum Gasteiger partial charge on any atom is -0.416 e. The Labute approximate surface area is 168 Å². The number of pyridine rings is 2. The molecule has 0 unspecified atom stereocenters. The Kier molecular flexibility index (Phi) is 4.52. The van der Waals surface area contributed by atoms with Crippen LogP contribution in [0.2, 0.25) is 0 Å². The summed E-state index contributed by atoms with van der Waals surface area (Å²) in [5.41, 5.74) is 2.11. The van der Waals surface area contributed by atoms with Crippen LogP contribution in [0.1, 0.15) is 55.7 Å². The zero-order valence-electron chi connectivity index (χ0n) is 15.9. The van der Waals surface area contributed by atoms with Gasteiger partial charge in [0.25, 0.3) is 0 Å². The van der Waals surface area contributed by atoms with Crippen LogP contribution < -0.4 is 10.2 Å². The van der Waals surface area contributed by atoms with Crippen LogP contribution in [0.4, 0.5) is 22.0 Å². The minimum absolute atomic E-state index is 0.0744. The SMILES string of the molecule is FC(F)Oc1nc2c(C(F)(F)F)cc1c1c([C@H]3CC4(CCCCC4)ON3)cccc21. The zero-order valence-corrected chi connectivity index (χ0v) is 15.9.